The molecule has 3 rings (SSSR count). The molecule has 1 unspecified atom stereocenters. The van der Waals surface area contributed by atoms with E-state index in [4.69, 9.17) is 4.74 Å². The first kappa shape index (κ1) is 23.8. The van der Waals surface area contributed by atoms with Crippen molar-refractivity contribution in [2.75, 3.05) is 14.2 Å². The first-order valence-electron chi connectivity index (χ1n) is 10.8. The van der Waals surface area contributed by atoms with Crippen LogP contribution in [0.5, 0.6) is 5.75 Å². The minimum atomic E-state index is -0.659. The summed E-state index contributed by atoms with van der Waals surface area (Å²) in [6, 6.07) is 16.6. The largest absolute Gasteiger partial charge is 0.497 e. The topological polar surface area (TPSA) is 76.5 Å². The molecule has 3 aromatic rings. The van der Waals surface area contributed by atoms with Gasteiger partial charge in [-0.2, -0.15) is 5.10 Å². The molecule has 172 valence electrons. The van der Waals surface area contributed by atoms with Crippen molar-refractivity contribution in [1.82, 2.24) is 20.0 Å². The molecule has 0 bridgehead atoms. The highest BCUT2D eigenvalue weighted by Crippen LogP contribution is 2.19. The number of hydrogen-bond donors (Lipinski definition) is 1. The Balaban J connectivity index is 1.61. The van der Waals surface area contributed by atoms with Crippen molar-refractivity contribution < 1.29 is 14.3 Å². The fourth-order valence-corrected chi connectivity index (χ4v) is 3.58. The third kappa shape index (κ3) is 5.88. The number of carbonyl (C=O) groups is 2. The number of ether oxygens (including phenoxy) is 1. The Bertz CT molecular complexity index is 1130. The van der Waals surface area contributed by atoms with Crippen LogP contribution in [0.3, 0.4) is 0 Å². The average molecular weight is 447 g/mol. The Morgan fingerprint density at radius 2 is 1.79 bits per heavy atom. The van der Waals surface area contributed by atoms with Crippen LogP contribution < -0.4 is 10.1 Å². The Morgan fingerprint density at radius 3 is 2.42 bits per heavy atom. The summed E-state index contributed by atoms with van der Waals surface area (Å²) in [5.41, 5.74) is 4.69. The van der Waals surface area contributed by atoms with Gasteiger partial charge >= 0.3 is 0 Å². The third-order valence-corrected chi connectivity index (χ3v) is 5.49. The maximum absolute atomic E-state index is 12.9. The van der Waals surface area contributed by atoms with Gasteiger partial charge in [0.1, 0.15) is 11.8 Å². The standard InChI is InChI=1S/C26H30N4O3/c1-18-24(20(3)30(28-18)22-9-7-6-8-10-22)17-29(4)26(32)19(2)27-25(31)16-13-21-11-14-23(33-5)15-12-21/h6-16,19H,17H2,1-5H3,(H,27,31)/b16-13+. The van der Waals surface area contributed by atoms with Crippen LogP contribution in [0.1, 0.15) is 29.4 Å². The first-order chi connectivity index (χ1) is 15.8. The molecule has 0 aliphatic carbocycles. The lowest BCUT2D eigenvalue weighted by molar-refractivity contribution is -0.134. The number of nitrogens with zero attached hydrogens (tertiary/aromatic N) is 3. The van der Waals surface area contributed by atoms with Crippen molar-refractivity contribution >= 4 is 17.9 Å². The van der Waals surface area contributed by atoms with Crippen LogP contribution in [0.4, 0.5) is 0 Å². The first-order valence-corrected chi connectivity index (χ1v) is 10.8. The number of benzene rings is 2. The van der Waals surface area contributed by atoms with E-state index in [-0.39, 0.29) is 11.8 Å². The van der Waals surface area contributed by atoms with Gasteiger partial charge in [-0.15, -0.1) is 0 Å². The molecule has 1 aromatic heterocycles. The van der Waals surface area contributed by atoms with E-state index in [1.54, 1.807) is 32.1 Å². The highest BCUT2D eigenvalue weighted by atomic mass is 16.5. The van der Waals surface area contributed by atoms with Crippen molar-refractivity contribution in [2.45, 2.75) is 33.4 Å². The SMILES string of the molecule is COc1ccc(/C=C/C(=O)NC(C)C(=O)N(C)Cc2c(C)nn(-c3ccccc3)c2C)cc1. The van der Waals surface area contributed by atoms with Gasteiger partial charge in [-0.25, -0.2) is 4.68 Å². The molecule has 2 amide bonds. The number of nitrogens with one attached hydrogen (secondary N) is 1. The van der Waals surface area contributed by atoms with Crippen molar-refractivity contribution in [1.29, 1.82) is 0 Å². The highest BCUT2D eigenvalue weighted by Gasteiger charge is 2.22. The summed E-state index contributed by atoms with van der Waals surface area (Å²) in [6.45, 7) is 6.03. The number of methoxy groups -OCH3 is 1. The van der Waals surface area contributed by atoms with E-state index in [9.17, 15) is 9.59 Å². The van der Waals surface area contributed by atoms with Gasteiger partial charge in [0.05, 0.1) is 18.5 Å². The van der Waals surface area contributed by atoms with Crippen molar-refractivity contribution in [3.8, 4) is 11.4 Å². The third-order valence-electron chi connectivity index (χ3n) is 5.49. The van der Waals surface area contributed by atoms with Crippen molar-refractivity contribution in [2.24, 2.45) is 0 Å². The highest BCUT2D eigenvalue weighted by molar-refractivity contribution is 5.95. The number of likely N-dealkylation sites (N-methyl/N-ethyl adjacent to an activating group) is 1. The van der Waals surface area contributed by atoms with Gasteiger partial charge < -0.3 is 15.0 Å². The lowest BCUT2D eigenvalue weighted by Gasteiger charge is -2.22. The van der Waals surface area contributed by atoms with Gasteiger partial charge in [-0.1, -0.05) is 30.3 Å². The minimum absolute atomic E-state index is 0.174. The van der Waals surface area contributed by atoms with E-state index in [2.05, 4.69) is 10.4 Å². The molecule has 33 heavy (non-hydrogen) atoms. The molecule has 0 aliphatic rings. The fraction of sp³-hybridized carbons (Fsp3) is 0.269. The predicted octanol–water partition coefficient (Wildman–Crippen LogP) is 3.67. The molecule has 7 nitrogen and oxygen atoms in total. The molecule has 0 spiro atoms. The molecule has 1 N–H and O–H groups in total. The van der Waals surface area contributed by atoms with Gasteiger partial charge in [0.25, 0.3) is 0 Å². The molecular weight excluding hydrogens is 416 g/mol. The molecule has 0 aliphatic heterocycles. The Labute approximate surface area is 194 Å². The molecule has 2 aromatic carbocycles. The van der Waals surface area contributed by atoms with Crippen LogP contribution in [0, 0.1) is 13.8 Å². The van der Waals surface area contributed by atoms with Gasteiger partial charge in [0.2, 0.25) is 11.8 Å². The summed E-state index contributed by atoms with van der Waals surface area (Å²) in [5.74, 6) is 0.246. The summed E-state index contributed by atoms with van der Waals surface area (Å²) in [6.07, 6.45) is 3.12. The van der Waals surface area contributed by atoms with E-state index < -0.39 is 6.04 Å². The van der Waals surface area contributed by atoms with E-state index >= 15 is 0 Å². The number of carbonyl (C=O) groups excluding carboxylic acids is 2. The lowest BCUT2D eigenvalue weighted by atomic mass is 10.1. The summed E-state index contributed by atoms with van der Waals surface area (Å²) in [5, 5.41) is 7.38. The normalized spacial score (nSPS) is 11.9. The number of aromatic nitrogens is 2. The molecule has 1 atom stereocenters. The number of amides is 2. The Hall–Kier alpha value is -3.87. The lowest BCUT2D eigenvalue weighted by Crippen LogP contribution is -2.44. The van der Waals surface area contributed by atoms with Crippen molar-refractivity contribution in [3.63, 3.8) is 0 Å². The predicted molar refractivity (Wildman–Crippen MR) is 129 cm³/mol. The minimum Gasteiger partial charge on any atom is -0.497 e. The Morgan fingerprint density at radius 1 is 1.12 bits per heavy atom. The zero-order valence-corrected chi connectivity index (χ0v) is 19.7. The second kappa shape index (κ2) is 10.6. The summed E-state index contributed by atoms with van der Waals surface area (Å²) in [4.78, 5) is 26.8. The molecule has 0 radical (unpaired) electrons. The maximum Gasteiger partial charge on any atom is 0.244 e. The van der Waals surface area contributed by atoms with Crippen LogP contribution in [-0.2, 0) is 16.1 Å². The molecule has 7 heteroatoms. The van der Waals surface area contributed by atoms with Gasteiger partial charge in [-0.05, 0) is 56.7 Å². The van der Waals surface area contributed by atoms with E-state index in [1.807, 2.05) is 73.1 Å². The smallest absolute Gasteiger partial charge is 0.244 e. The quantitative estimate of drug-likeness (QED) is 0.536. The molecule has 0 saturated carbocycles. The van der Waals surface area contributed by atoms with E-state index in [0.717, 1.165) is 34.0 Å². The second-order valence-electron chi connectivity index (χ2n) is 7.93. The number of hydrogen-bond acceptors (Lipinski definition) is 4. The van der Waals surface area contributed by atoms with Crippen LogP contribution in [0.2, 0.25) is 0 Å². The second-order valence-corrected chi connectivity index (χ2v) is 7.93. The van der Waals surface area contributed by atoms with Crippen LogP contribution >= 0.6 is 0 Å². The Kier molecular flexibility index (Phi) is 7.66. The number of para-hydroxylation sites is 1. The summed E-state index contributed by atoms with van der Waals surface area (Å²) in [7, 11) is 3.34. The molecule has 0 fully saturated rings. The van der Waals surface area contributed by atoms with E-state index in [1.165, 1.54) is 6.08 Å². The molecule has 1 heterocycles. The molecular formula is C26H30N4O3. The zero-order chi connectivity index (χ0) is 24.0. The van der Waals surface area contributed by atoms with Crippen LogP contribution in [-0.4, -0.2) is 46.7 Å². The average Bonchev–Trinajstić information content (AvgIpc) is 3.11. The van der Waals surface area contributed by atoms with Crippen molar-refractivity contribution in [3.05, 3.63) is 83.2 Å². The fourth-order valence-electron chi connectivity index (χ4n) is 3.58. The zero-order valence-electron chi connectivity index (χ0n) is 19.7. The van der Waals surface area contributed by atoms with Gasteiger partial charge in [0, 0.05) is 30.9 Å². The monoisotopic (exact) mass is 446 g/mol. The van der Waals surface area contributed by atoms with Crippen LogP contribution in [0.15, 0.2) is 60.7 Å². The van der Waals surface area contributed by atoms with E-state index in [0.29, 0.717) is 6.54 Å². The van der Waals surface area contributed by atoms with Crippen LogP contribution in [0.25, 0.3) is 11.8 Å². The molecule has 0 saturated heterocycles. The van der Waals surface area contributed by atoms with Gasteiger partial charge in [-0.3, -0.25) is 9.59 Å². The summed E-state index contributed by atoms with van der Waals surface area (Å²) >= 11 is 0. The van der Waals surface area contributed by atoms with Gasteiger partial charge in [0.15, 0.2) is 0 Å². The maximum atomic E-state index is 12.9. The number of aryl methyl sites for hydroxylation is 1. The number of rotatable bonds is 8. The summed E-state index contributed by atoms with van der Waals surface area (Å²) < 4.78 is 7.01.